The van der Waals surface area contributed by atoms with Crippen molar-refractivity contribution < 1.29 is 0 Å². The summed E-state index contributed by atoms with van der Waals surface area (Å²) < 4.78 is 1.03. The molecule has 0 heterocycles. The van der Waals surface area contributed by atoms with Crippen molar-refractivity contribution in [3.63, 3.8) is 0 Å². The Morgan fingerprint density at radius 1 is 1.67 bits per heavy atom. The lowest BCUT2D eigenvalue weighted by atomic mass is 9.90. The molecule has 0 aromatic rings. The van der Waals surface area contributed by atoms with E-state index in [9.17, 15) is 0 Å². The van der Waals surface area contributed by atoms with Crippen LogP contribution in [0, 0.1) is 5.41 Å². The minimum absolute atomic E-state index is 0.181. The van der Waals surface area contributed by atoms with Gasteiger partial charge in [0, 0.05) is 0 Å². The van der Waals surface area contributed by atoms with Gasteiger partial charge in [-0.25, -0.2) is 0 Å². The van der Waals surface area contributed by atoms with Crippen molar-refractivity contribution in [3.8, 4) is 0 Å². The Hall–Kier alpha value is -0.0400. The molecule has 0 amide bonds. The summed E-state index contributed by atoms with van der Waals surface area (Å²) in [5, 5.41) is 0. The van der Waals surface area contributed by atoms with Crippen molar-refractivity contribution in [1.82, 2.24) is 0 Å². The standard InChI is InChI=1S/C8H13Br/c1-5-8(3,4)6-7(2)9/h5H,1-2,6H2,3-4H3. The highest BCUT2D eigenvalue weighted by Crippen LogP contribution is 2.27. The summed E-state index contributed by atoms with van der Waals surface area (Å²) in [6, 6.07) is 0. The highest BCUT2D eigenvalue weighted by molar-refractivity contribution is 9.11. The summed E-state index contributed by atoms with van der Waals surface area (Å²) in [7, 11) is 0. The average molecular weight is 189 g/mol. The maximum atomic E-state index is 3.76. The predicted molar refractivity (Wildman–Crippen MR) is 46.7 cm³/mol. The van der Waals surface area contributed by atoms with Crippen LogP contribution >= 0.6 is 15.9 Å². The number of hydrogen-bond donors (Lipinski definition) is 0. The Kier molecular flexibility index (Phi) is 3.20. The second kappa shape index (κ2) is 3.21. The van der Waals surface area contributed by atoms with E-state index in [4.69, 9.17) is 0 Å². The van der Waals surface area contributed by atoms with Crippen LogP contribution in [0.15, 0.2) is 23.7 Å². The van der Waals surface area contributed by atoms with Gasteiger partial charge in [0.25, 0.3) is 0 Å². The van der Waals surface area contributed by atoms with Gasteiger partial charge in [-0.15, -0.1) is 6.58 Å². The summed E-state index contributed by atoms with van der Waals surface area (Å²) in [6.07, 6.45) is 2.90. The summed E-state index contributed by atoms with van der Waals surface area (Å²) in [5.41, 5.74) is 0.181. The van der Waals surface area contributed by atoms with Crippen LogP contribution in [0.3, 0.4) is 0 Å². The molecule has 0 fully saturated rings. The van der Waals surface area contributed by atoms with Crippen LogP contribution < -0.4 is 0 Å². The Labute approximate surface area is 65.8 Å². The van der Waals surface area contributed by atoms with Crippen molar-refractivity contribution in [1.29, 1.82) is 0 Å². The molecule has 0 aliphatic rings. The van der Waals surface area contributed by atoms with Crippen molar-refractivity contribution in [2.24, 2.45) is 5.41 Å². The van der Waals surface area contributed by atoms with Crippen LogP contribution in [0.2, 0.25) is 0 Å². The van der Waals surface area contributed by atoms with E-state index in [1.54, 1.807) is 0 Å². The SMILES string of the molecule is C=CC(C)(C)CC(=C)Br. The molecule has 52 valence electrons. The van der Waals surface area contributed by atoms with E-state index >= 15 is 0 Å². The Balaban J connectivity index is 3.86. The third-order valence-corrected chi connectivity index (χ3v) is 1.48. The molecule has 0 N–H and O–H groups in total. The maximum absolute atomic E-state index is 3.76. The molecule has 0 unspecified atom stereocenters. The van der Waals surface area contributed by atoms with Gasteiger partial charge in [-0.2, -0.15) is 0 Å². The fraction of sp³-hybridized carbons (Fsp3) is 0.500. The second-order valence-electron chi connectivity index (χ2n) is 2.89. The average Bonchev–Trinajstić information content (AvgIpc) is 1.63. The van der Waals surface area contributed by atoms with E-state index in [1.807, 2.05) is 6.08 Å². The van der Waals surface area contributed by atoms with Gasteiger partial charge in [0.2, 0.25) is 0 Å². The first-order valence-electron chi connectivity index (χ1n) is 2.95. The molecule has 0 saturated carbocycles. The van der Waals surface area contributed by atoms with Gasteiger partial charge >= 0.3 is 0 Å². The number of hydrogen-bond acceptors (Lipinski definition) is 0. The van der Waals surface area contributed by atoms with Crippen LogP contribution in [0.1, 0.15) is 20.3 Å². The summed E-state index contributed by atoms with van der Waals surface area (Å²) >= 11 is 3.31. The van der Waals surface area contributed by atoms with Gasteiger partial charge in [0.15, 0.2) is 0 Å². The molecular weight excluding hydrogens is 176 g/mol. The molecule has 9 heavy (non-hydrogen) atoms. The van der Waals surface area contributed by atoms with E-state index in [1.165, 1.54) is 0 Å². The molecular formula is C8H13Br. The Morgan fingerprint density at radius 3 is 2.22 bits per heavy atom. The van der Waals surface area contributed by atoms with Gasteiger partial charge in [-0.1, -0.05) is 42.4 Å². The molecule has 0 radical (unpaired) electrons. The third-order valence-electron chi connectivity index (χ3n) is 1.20. The van der Waals surface area contributed by atoms with Gasteiger partial charge in [0.1, 0.15) is 0 Å². The zero-order chi connectivity index (χ0) is 7.49. The topological polar surface area (TPSA) is 0 Å². The second-order valence-corrected chi connectivity index (χ2v) is 4.01. The monoisotopic (exact) mass is 188 g/mol. The molecule has 0 spiro atoms. The van der Waals surface area contributed by atoms with Crippen molar-refractivity contribution >= 4 is 15.9 Å². The van der Waals surface area contributed by atoms with Crippen molar-refractivity contribution in [2.75, 3.05) is 0 Å². The van der Waals surface area contributed by atoms with E-state index in [0.717, 1.165) is 10.9 Å². The molecule has 1 heteroatoms. The zero-order valence-corrected chi connectivity index (χ0v) is 7.66. The van der Waals surface area contributed by atoms with Crippen molar-refractivity contribution in [2.45, 2.75) is 20.3 Å². The van der Waals surface area contributed by atoms with E-state index in [0.29, 0.717) is 0 Å². The first-order chi connectivity index (χ1) is 3.98. The van der Waals surface area contributed by atoms with Crippen LogP contribution in [0.5, 0.6) is 0 Å². The molecule has 0 bridgehead atoms. The first kappa shape index (κ1) is 8.96. The molecule has 0 saturated heterocycles. The molecule has 0 nitrogen and oxygen atoms in total. The largest absolute Gasteiger partial charge is 0.103 e. The Morgan fingerprint density at radius 2 is 2.11 bits per heavy atom. The molecule has 0 rings (SSSR count). The first-order valence-corrected chi connectivity index (χ1v) is 3.74. The lowest BCUT2D eigenvalue weighted by molar-refractivity contribution is 0.488. The van der Waals surface area contributed by atoms with Gasteiger partial charge in [-0.3, -0.25) is 0 Å². The van der Waals surface area contributed by atoms with Crippen molar-refractivity contribution in [3.05, 3.63) is 23.7 Å². The fourth-order valence-electron chi connectivity index (χ4n) is 0.567. The van der Waals surface area contributed by atoms with Crippen LogP contribution in [-0.2, 0) is 0 Å². The van der Waals surface area contributed by atoms with Crippen LogP contribution in [-0.4, -0.2) is 0 Å². The summed E-state index contributed by atoms with van der Waals surface area (Å²) in [4.78, 5) is 0. The Bertz CT molecular complexity index is 123. The molecule has 0 aromatic heterocycles. The lowest BCUT2D eigenvalue weighted by Gasteiger charge is -2.17. The predicted octanol–water partition coefficient (Wildman–Crippen LogP) is 3.50. The van der Waals surface area contributed by atoms with Gasteiger partial charge < -0.3 is 0 Å². The normalized spacial score (nSPS) is 11.0. The van der Waals surface area contributed by atoms with E-state index in [-0.39, 0.29) is 5.41 Å². The molecule has 0 aliphatic heterocycles. The third kappa shape index (κ3) is 4.46. The van der Waals surface area contributed by atoms with Gasteiger partial charge in [0.05, 0.1) is 0 Å². The van der Waals surface area contributed by atoms with Crippen LogP contribution in [0.25, 0.3) is 0 Å². The smallest absolute Gasteiger partial charge is 0.0113 e. The minimum Gasteiger partial charge on any atom is -0.103 e. The minimum atomic E-state index is 0.181. The lowest BCUT2D eigenvalue weighted by Crippen LogP contribution is -2.05. The zero-order valence-electron chi connectivity index (χ0n) is 6.08. The number of halogens is 1. The quantitative estimate of drug-likeness (QED) is 0.596. The highest BCUT2D eigenvalue weighted by atomic mass is 79.9. The fourth-order valence-corrected chi connectivity index (χ4v) is 1.29. The maximum Gasteiger partial charge on any atom is -0.0113 e. The molecule has 0 aliphatic carbocycles. The molecule has 0 aromatic carbocycles. The van der Waals surface area contributed by atoms with Crippen LogP contribution in [0.4, 0.5) is 0 Å². The molecule has 0 atom stereocenters. The number of allylic oxidation sites excluding steroid dienone is 2. The summed E-state index contributed by atoms with van der Waals surface area (Å²) in [5.74, 6) is 0. The number of rotatable bonds is 3. The van der Waals surface area contributed by atoms with E-state index < -0.39 is 0 Å². The summed E-state index contributed by atoms with van der Waals surface area (Å²) in [6.45, 7) is 11.7. The van der Waals surface area contributed by atoms with E-state index in [2.05, 4.69) is 42.9 Å². The van der Waals surface area contributed by atoms with Gasteiger partial charge in [-0.05, 0) is 16.3 Å². The highest BCUT2D eigenvalue weighted by Gasteiger charge is 2.12.